The van der Waals surface area contributed by atoms with Crippen LogP contribution in [0.5, 0.6) is 5.75 Å². The molecule has 0 aliphatic carbocycles. The number of piperidine rings is 1. The second kappa shape index (κ2) is 9.22. The molecule has 172 valence electrons. The van der Waals surface area contributed by atoms with Gasteiger partial charge in [-0.05, 0) is 43.9 Å². The fraction of sp³-hybridized carbons (Fsp3) is 0.462. The highest BCUT2D eigenvalue weighted by Gasteiger charge is 2.36. The summed E-state index contributed by atoms with van der Waals surface area (Å²) in [5, 5.41) is 13.8. The van der Waals surface area contributed by atoms with E-state index in [-0.39, 0.29) is 5.41 Å². The molecule has 4 heterocycles. The van der Waals surface area contributed by atoms with Crippen molar-refractivity contribution >= 4 is 17.1 Å². The molecule has 4 rings (SSSR count). The Balaban J connectivity index is 1.56. The van der Waals surface area contributed by atoms with Gasteiger partial charge >= 0.3 is 0 Å². The number of anilines is 1. The molecule has 1 aliphatic rings. The summed E-state index contributed by atoms with van der Waals surface area (Å²) in [6.45, 7) is 10.4. The number of carbonyl (C=O) groups is 1. The Kier molecular flexibility index (Phi) is 6.37. The first-order valence-electron chi connectivity index (χ1n) is 11.6. The Labute approximate surface area is 195 Å². The van der Waals surface area contributed by atoms with Gasteiger partial charge in [-0.15, -0.1) is 0 Å². The SMILES string of the molecule is CCOc1cc(-c2ccc(N3CCC(C)(C(=O)CC(C)C)CC3)nc2)c2c(C#N)cnn2c1. The predicted octanol–water partition coefficient (Wildman–Crippen LogP) is 4.89. The van der Waals surface area contributed by atoms with Crippen molar-refractivity contribution in [1.82, 2.24) is 14.6 Å². The number of nitriles is 1. The van der Waals surface area contributed by atoms with Crippen molar-refractivity contribution in [3.8, 4) is 22.9 Å². The van der Waals surface area contributed by atoms with E-state index in [4.69, 9.17) is 9.72 Å². The van der Waals surface area contributed by atoms with E-state index < -0.39 is 0 Å². The Morgan fingerprint density at radius 2 is 2.03 bits per heavy atom. The summed E-state index contributed by atoms with van der Waals surface area (Å²) in [5.74, 6) is 2.38. The van der Waals surface area contributed by atoms with Crippen LogP contribution in [0.25, 0.3) is 16.6 Å². The number of hydrogen-bond acceptors (Lipinski definition) is 6. The molecule has 7 nitrogen and oxygen atoms in total. The smallest absolute Gasteiger partial charge is 0.139 e. The van der Waals surface area contributed by atoms with Crippen molar-refractivity contribution in [2.24, 2.45) is 11.3 Å². The lowest BCUT2D eigenvalue weighted by Crippen LogP contribution is -2.43. The van der Waals surface area contributed by atoms with Gasteiger partial charge in [0.1, 0.15) is 23.4 Å². The number of carbonyl (C=O) groups excluding carboxylic acids is 1. The lowest BCUT2D eigenvalue weighted by atomic mass is 9.74. The number of ether oxygens (including phenoxy) is 1. The lowest BCUT2D eigenvalue weighted by molar-refractivity contribution is -0.129. The van der Waals surface area contributed by atoms with Gasteiger partial charge in [0, 0.05) is 42.2 Å². The number of hydrogen-bond donors (Lipinski definition) is 0. The maximum absolute atomic E-state index is 12.7. The molecule has 1 aliphatic heterocycles. The first kappa shape index (κ1) is 22.8. The molecule has 1 saturated heterocycles. The van der Waals surface area contributed by atoms with Gasteiger partial charge in [0.2, 0.25) is 0 Å². The lowest BCUT2D eigenvalue weighted by Gasteiger charge is -2.39. The zero-order valence-corrected chi connectivity index (χ0v) is 19.8. The number of nitrogens with zero attached hydrogens (tertiary/aromatic N) is 5. The van der Waals surface area contributed by atoms with Crippen LogP contribution in [-0.2, 0) is 4.79 Å². The van der Waals surface area contributed by atoms with Crippen molar-refractivity contribution < 1.29 is 9.53 Å². The zero-order chi connectivity index (χ0) is 23.6. The minimum absolute atomic E-state index is 0.234. The van der Waals surface area contributed by atoms with Crippen molar-refractivity contribution in [1.29, 1.82) is 5.26 Å². The van der Waals surface area contributed by atoms with Crippen molar-refractivity contribution in [3.63, 3.8) is 0 Å². The van der Waals surface area contributed by atoms with Gasteiger partial charge in [-0.1, -0.05) is 20.8 Å². The van der Waals surface area contributed by atoms with Crippen LogP contribution < -0.4 is 9.64 Å². The summed E-state index contributed by atoms with van der Waals surface area (Å²) < 4.78 is 7.39. The minimum Gasteiger partial charge on any atom is -0.492 e. The second-order valence-corrected chi connectivity index (χ2v) is 9.46. The van der Waals surface area contributed by atoms with Crippen molar-refractivity contribution in [2.45, 2.75) is 47.0 Å². The Morgan fingerprint density at radius 1 is 1.27 bits per heavy atom. The summed E-state index contributed by atoms with van der Waals surface area (Å²) in [4.78, 5) is 19.7. The molecular formula is C26H31N5O2. The highest BCUT2D eigenvalue weighted by Crippen LogP contribution is 2.36. The summed E-state index contributed by atoms with van der Waals surface area (Å²) in [5.41, 5.74) is 2.78. The van der Waals surface area contributed by atoms with E-state index in [0.29, 0.717) is 36.0 Å². The van der Waals surface area contributed by atoms with E-state index in [9.17, 15) is 10.1 Å². The molecule has 1 fully saturated rings. The topological polar surface area (TPSA) is 83.5 Å². The van der Waals surface area contributed by atoms with Crippen LogP contribution in [0, 0.1) is 22.7 Å². The van der Waals surface area contributed by atoms with Gasteiger partial charge in [0.25, 0.3) is 0 Å². The summed E-state index contributed by atoms with van der Waals surface area (Å²) >= 11 is 0. The van der Waals surface area contributed by atoms with Crippen LogP contribution in [0.3, 0.4) is 0 Å². The predicted molar refractivity (Wildman–Crippen MR) is 128 cm³/mol. The molecule has 7 heteroatoms. The molecule has 0 unspecified atom stereocenters. The van der Waals surface area contributed by atoms with E-state index in [1.54, 1.807) is 16.9 Å². The third kappa shape index (κ3) is 4.56. The zero-order valence-electron chi connectivity index (χ0n) is 19.8. The summed E-state index contributed by atoms with van der Waals surface area (Å²) in [6.07, 6.45) is 7.54. The van der Waals surface area contributed by atoms with Crippen LogP contribution in [0.1, 0.15) is 52.5 Å². The maximum Gasteiger partial charge on any atom is 0.139 e. The molecule has 0 radical (unpaired) electrons. The molecule has 0 spiro atoms. The average Bonchev–Trinajstić information content (AvgIpc) is 3.22. The first-order valence-corrected chi connectivity index (χ1v) is 11.6. The van der Waals surface area contributed by atoms with E-state index in [2.05, 4.69) is 36.8 Å². The van der Waals surface area contributed by atoms with Gasteiger partial charge < -0.3 is 9.64 Å². The minimum atomic E-state index is -0.234. The molecule has 0 amide bonds. The quantitative estimate of drug-likeness (QED) is 0.515. The van der Waals surface area contributed by atoms with Crippen LogP contribution in [0.4, 0.5) is 5.82 Å². The number of aromatic nitrogens is 3. The molecule has 0 saturated carbocycles. The highest BCUT2D eigenvalue weighted by molar-refractivity contribution is 5.86. The van der Waals surface area contributed by atoms with Gasteiger partial charge in [0.15, 0.2) is 0 Å². The molecular weight excluding hydrogens is 414 g/mol. The number of Topliss-reactive ketones (excluding diaryl/α,β-unsaturated/α-hetero) is 1. The molecule has 33 heavy (non-hydrogen) atoms. The van der Waals surface area contributed by atoms with Crippen LogP contribution in [0.15, 0.2) is 36.8 Å². The molecule has 3 aromatic rings. The maximum atomic E-state index is 12.7. The van der Waals surface area contributed by atoms with Crippen LogP contribution >= 0.6 is 0 Å². The Bertz CT molecular complexity index is 1180. The molecule has 0 N–H and O–H groups in total. The monoisotopic (exact) mass is 445 g/mol. The number of fused-ring (bicyclic) bond motifs is 1. The first-order chi connectivity index (χ1) is 15.8. The normalized spacial score (nSPS) is 15.6. The van der Waals surface area contributed by atoms with E-state index in [1.807, 2.05) is 31.3 Å². The highest BCUT2D eigenvalue weighted by atomic mass is 16.5. The number of ketones is 1. The average molecular weight is 446 g/mol. The van der Waals surface area contributed by atoms with Crippen molar-refractivity contribution in [2.75, 3.05) is 24.6 Å². The third-order valence-electron chi connectivity index (χ3n) is 6.53. The number of rotatable bonds is 7. The molecule has 3 aromatic heterocycles. The fourth-order valence-corrected chi connectivity index (χ4v) is 4.50. The molecule has 0 bridgehead atoms. The van der Waals surface area contributed by atoms with E-state index >= 15 is 0 Å². The molecule has 0 atom stereocenters. The summed E-state index contributed by atoms with van der Waals surface area (Å²) in [6, 6.07) is 8.20. The largest absolute Gasteiger partial charge is 0.492 e. The van der Waals surface area contributed by atoms with Gasteiger partial charge in [-0.25, -0.2) is 9.50 Å². The van der Waals surface area contributed by atoms with Crippen molar-refractivity contribution in [3.05, 3.63) is 42.4 Å². The Hall–Kier alpha value is -3.40. The van der Waals surface area contributed by atoms with Gasteiger partial charge in [-0.2, -0.15) is 10.4 Å². The van der Waals surface area contributed by atoms with Gasteiger partial charge in [-0.3, -0.25) is 4.79 Å². The number of pyridine rings is 2. The van der Waals surface area contributed by atoms with Crippen LogP contribution in [0.2, 0.25) is 0 Å². The van der Waals surface area contributed by atoms with Gasteiger partial charge in [0.05, 0.1) is 30.1 Å². The van der Waals surface area contributed by atoms with Crippen LogP contribution in [-0.4, -0.2) is 40.1 Å². The second-order valence-electron chi connectivity index (χ2n) is 9.46. The summed E-state index contributed by atoms with van der Waals surface area (Å²) in [7, 11) is 0. The Morgan fingerprint density at radius 3 is 2.64 bits per heavy atom. The van der Waals surface area contributed by atoms with E-state index in [1.165, 1.54) is 0 Å². The molecule has 0 aromatic carbocycles. The van der Waals surface area contributed by atoms with E-state index in [0.717, 1.165) is 48.4 Å². The fourth-order valence-electron chi connectivity index (χ4n) is 4.50. The standard InChI is InChI=1S/C26H31N5O2/c1-5-33-21-13-22(25-20(14-27)16-29-31(25)17-21)19-6-7-24(28-15-19)30-10-8-26(4,9-11-30)23(32)12-18(2)3/h6-7,13,15-18H,5,8-12H2,1-4H3. The third-order valence-corrected chi connectivity index (χ3v) is 6.53.